The molecule has 1 aliphatic heterocycles. The lowest BCUT2D eigenvalue weighted by Gasteiger charge is -2.32. The Hall–Kier alpha value is -3.64. The van der Waals surface area contributed by atoms with Crippen molar-refractivity contribution in [2.75, 3.05) is 26.2 Å². The number of rotatable bonds is 9. The number of piperidine rings is 1. The summed E-state index contributed by atoms with van der Waals surface area (Å²) in [7, 11) is 0. The maximum absolute atomic E-state index is 6.20. The van der Waals surface area contributed by atoms with Crippen molar-refractivity contribution in [3.63, 3.8) is 0 Å². The van der Waals surface area contributed by atoms with Gasteiger partial charge in [-0.25, -0.2) is 0 Å². The summed E-state index contributed by atoms with van der Waals surface area (Å²) in [5.74, 6) is 3.56. The van der Waals surface area contributed by atoms with Gasteiger partial charge in [-0.2, -0.15) is 0 Å². The summed E-state index contributed by atoms with van der Waals surface area (Å²) in [5.41, 5.74) is 2.24. The van der Waals surface area contributed by atoms with Gasteiger partial charge in [-0.05, 0) is 72.7 Å². The van der Waals surface area contributed by atoms with Crippen molar-refractivity contribution in [1.82, 2.24) is 15.1 Å². The minimum Gasteiger partial charge on any atom is -0.493 e. The van der Waals surface area contributed by atoms with E-state index >= 15 is 0 Å². The molecule has 1 aliphatic rings. The molecule has 6 rings (SSSR count). The summed E-state index contributed by atoms with van der Waals surface area (Å²) in [4.78, 5) is 2.57. The lowest BCUT2D eigenvalue weighted by molar-refractivity contribution is 0.193. The maximum Gasteiger partial charge on any atom is 0.283 e. The molecule has 38 heavy (non-hydrogen) atoms. The van der Waals surface area contributed by atoms with E-state index < -0.39 is 0 Å². The van der Waals surface area contributed by atoms with Gasteiger partial charge in [-0.15, -0.1) is 10.2 Å². The first-order valence-electron chi connectivity index (χ1n) is 13.8. The van der Waals surface area contributed by atoms with Crippen LogP contribution < -0.4 is 4.74 Å². The molecule has 5 aromatic rings. The van der Waals surface area contributed by atoms with Crippen LogP contribution in [0.5, 0.6) is 5.75 Å². The zero-order valence-corrected chi connectivity index (χ0v) is 22.2. The van der Waals surface area contributed by atoms with Crippen LogP contribution in [-0.4, -0.2) is 41.3 Å². The summed E-state index contributed by atoms with van der Waals surface area (Å²) in [5, 5.41) is 11.9. The van der Waals surface area contributed by atoms with E-state index in [0.717, 1.165) is 49.2 Å². The molecule has 0 saturated carbocycles. The predicted octanol–water partition coefficient (Wildman–Crippen LogP) is 7.48. The molecular weight excluding hydrogens is 474 g/mol. The Bertz CT molecular complexity index is 1510. The van der Waals surface area contributed by atoms with Crippen LogP contribution in [0, 0.1) is 5.92 Å². The van der Waals surface area contributed by atoms with Gasteiger partial charge >= 0.3 is 0 Å². The van der Waals surface area contributed by atoms with Gasteiger partial charge < -0.3 is 18.5 Å². The highest BCUT2D eigenvalue weighted by atomic mass is 16.5. The fourth-order valence-corrected chi connectivity index (χ4v) is 5.47. The third-order valence-corrected chi connectivity index (χ3v) is 7.49. The molecule has 2 aromatic heterocycles. The van der Waals surface area contributed by atoms with Crippen LogP contribution in [0.25, 0.3) is 33.4 Å². The number of ether oxygens (including phenoxy) is 1. The molecule has 0 atom stereocenters. The molecule has 3 aromatic carbocycles. The molecule has 0 unspecified atom stereocenters. The summed E-state index contributed by atoms with van der Waals surface area (Å²) in [6, 6.07) is 23.4. The fraction of sp³-hybridized carbons (Fsp3) is 0.375. The summed E-state index contributed by atoms with van der Waals surface area (Å²) < 4.78 is 18.0. The zero-order chi connectivity index (χ0) is 25.9. The number of fused-ring (bicyclic) bond motifs is 2. The minimum absolute atomic E-state index is 0.412. The number of furan rings is 1. The molecule has 0 bridgehead atoms. The second-order valence-corrected chi connectivity index (χ2v) is 10.8. The van der Waals surface area contributed by atoms with E-state index in [1.165, 1.54) is 29.2 Å². The van der Waals surface area contributed by atoms with Crippen LogP contribution in [0.4, 0.5) is 0 Å². The molecule has 3 heterocycles. The van der Waals surface area contributed by atoms with Crippen molar-refractivity contribution in [1.29, 1.82) is 0 Å². The molecule has 6 heteroatoms. The Kier molecular flexibility index (Phi) is 7.14. The van der Waals surface area contributed by atoms with E-state index in [1.54, 1.807) is 0 Å². The second-order valence-electron chi connectivity index (χ2n) is 10.8. The second kappa shape index (κ2) is 11.0. The zero-order valence-electron chi connectivity index (χ0n) is 22.2. The first kappa shape index (κ1) is 24.7. The molecule has 1 saturated heterocycles. The number of nitrogens with zero attached hydrogens (tertiary/aromatic N) is 3. The van der Waals surface area contributed by atoms with Crippen molar-refractivity contribution >= 4 is 21.7 Å². The van der Waals surface area contributed by atoms with E-state index in [0.29, 0.717) is 36.0 Å². The number of hydrogen-bond donors (Lipinski definition) is 0. The van der Waals surface area contributed by atoms with Crippen molar-refractivity contribution in [3.05, 3.63) is 78.2 Å². The number of benzene rings is 3. The van der Waals surface area contributed by atoms with Crippen LogP contribution in [0.2, 0.25) is 0 Å². The van der Waals surface area contributed by atoms with Gasteiger partial charge in [-0.3, -0.25) is 0 Å². The first-order chi connectivity index (χ1) is 18.6. The molecule has 0 radical (unpaired) electrons. The van der Waals surface area contributed by atoms with Crippen LogP contribution in [0.15, 0.2) is 75.6 Å². The summed E-state index contributed by atoms with van der Waals surface area (Å²) >= 11 is 0. The summed E-state index contributed by atoms with van der Waals surface area (Å²) in [6.07, 6.45) is 4.17. The normalized spacial score (nSPS) is 15.1. The molecule has 196 valence electrons. The Morgan fingerprint density at radius 1 is 0.921 bits per heavy atom. The predicted molar refractivity (Wildman–Crippen MR) is 151 cm³/mol. The highest BCUT2D eigenvalue weighted by molar-refractivity contribution is 5.87. The first-order valence-corrected chi connectivity index (χ1v) is 13.8. The quantitative estimate of drug-likeness (QED) is 0.192. The molecule has 0 amide bonds. The molecule has 0 N–H and O–H groups in total. The highest BCUT2D eigenvalue weighted by Gasteiger charge is 2.21. The van der Waals surface area contributed by atoms with Gasteiger partial charge in [0.1, 0.15) is 11.3 Å². The smallest absolute Gasteiger partial charge is 0.283 e. The van der Waals surface area contributed by atoms with Crippen LogP contribution >= 0.6 is 0 Å². The fourth-order valence-electron chi connectivity index (χ4n) is 5.47. The number of hydrogen-bond acceptors (Lipinski definition) is 6. The Morgan fingerprint density at radius 3 is 2.61 bits per heavy atom. The van der Waals surface area contributed by atoms with Gasteiger partial charge in [0.2, 0.25) is 5.89 Å². The minimum atomic E-state index is 0.412. The van der Waals surface area contributed by atoms with E-state index in [2.05, 4.69) is 71.4 Å². The van der Waals surface area contributed by atoms with Crippen molar-refractivity contribution in [2.45, 2.75) is 45.4 Å². The lowest BCUT2D eigenvalue weighted by atomic mass is 9.88. The Balaban J connectivity index is 1.01. The summed E-state index contributed by atoms with van der Waals surface area (Å²) in [6.45, 7) is 8.26. The average Bonchev–Trinajstić information content (AvgIpc) is 3.58. The SMILES string of the molecule is CC(C)Cc1nnc(-c2cc3c(OCCCN4CCC(c5ccc6ccccc6c5)CC4)cccc3o2)o1. The number of aromatic nitrogens is 2. The number of likely N-dealkylation sites (tertiary alicyclic amines) is 1. The molecule has 0 spiro atoms. The molecule has 6 nitrogen and oxygen atoms in total. The van der Waals surface area contributed by atoms with Crippen molar-refractivity contribution < 1.29 is 13.6 Å². The van der Waals surface area contributed by atoms with Gasteiger partial charge in [-0.1, -0.05) is 62.4 Å². The van der Waals surface area contributed by atoms with E-state index in [4.69, 9.17) is 13.6 Å². The standard InChI is InChI=1S/C32H35N3O3/c1-22(2)19-31-33-34-32(38-31)30-21-27-28(9-5-10-29(27)37-30)36-18-6-15-35-16-13-24(14-17-35)26-12-11-23-7-3-4-8-25(23)20-26/h3-5,7-12,20-22,24H,6,13-19H2,1-2H3. The third kappa shape index (κ3) is 5.46. The molecular formula is C32H35N3O3. The average molecular weight is 510 g/mol. The van der Waals surface area contributed by atoms with Crippen molar-refractivity contribution in [2.24, 2.45) is 5.92 Å². The maximum atomic E-state index is 6.20. The van der Waals surface area contributed by atoms with Crippen LogP contribution in [0.3, 0.4) is 0 Å². The third-order valence-electron chi connectivity index (χ3n) is 7.49. The molecule has 1 fully saturated rings. The van der Waals surface area contributed by atoms with Gasteiger partial charge in [0.05, 0.1) is 12.0 Å². The van der Waals surface area contributed by atoms with Crippen LogP contribution in [0.1, 0.15) is 50.5 Å². The van der Waals surface area contributed by atoms with Gasteiger partial charge in [0.25, 0.3) is 5.89 Å². The molecule has 0 aliphatic carbocycles. The largest absolute Gasteiger partial charge is 0.493 e. The van der Waals surface area contributed by atoms with Gasteiger partial charge in [0, 0.05) is 19.0 Å². The lowest BCUT2D eigenvalue weighted by Crippen LogP contribution is -2.34. The van der Waals surface area contributed by atoms with E-state index in [1.807, 2.05) is 24.3 Å². The van der Waals surface area contributed by atoms with Crippen molar-refractivity contribution in [3.8, 4) is 17.4 Å². The van der Waals surface area contributed by atoms with E-state index in [-0.39, 0.29) is 0 Å². The topological polar surface area (TPSA) is 64.5 Å². The Morgan fingerprint density at radius 2 is 1.76 bits per heavy atom. The van der Waals surface area contributed by atoms with Gasteiger partial charge in [0.15, 0.2) is 5.76 Å². The van der Waals surface area contributed by atoms with E-state index in [9.17, 15) is 0 Å². The Labute approximate surface area is 223 Å². The highest BCUT2D eigenvalue weighted by Crippen LogP contribution is 2.34. The monoisotopic (exact) mass is 509 g/mol. The van der Waals surface area contributed by atoms with Crippen LogP contribution in [-0.2, 0) is 6.42 Å².